The number of alkyl carbamates (subject to hydrolysis) is 1. The van der Waals surface area contributed by atoms with Crippen LogP contribution in [0.15, 0.2) is 0 Å². The highest BCUT2D eigenvalue weighted by Gasteiger charge is 2.50. The van der Waals surface area contributed by atoms with E-state index in [4.69, 9.17) is 25.7 Å². The summed E-state index contributed by atoms with van der Waals surface area (Å²) in [6.45, 7) is 3.87. The molecule has 0 aromatic heterocycles. The number of nitrogens with one attached hydrogen (secondary N) is 1. The van der Waals surface area contributed by atoms with Crippen LogP contribution in [0.25, 0.3) is 0 Å². The van der Waals surface area contributed by atoms with Crippen molar-refractivity contribution < 1.29 is 34.0 Å². The third-order valence-corrected chi connectivity index (χ3v) is 6.15. The van der Waals surface area contributed by atoms with Gasteiger partial charge in [-0.2, -0.15) is 0 Å². The van der Waals surface area contributed by atoms with Crippen LogP contribution >= 0.6 is 0 Å². The average Bonchev–Trinajstić information content (AvgIpc) is 2.67. The summed E-state index contributed by atoms with van der Waals surface area (Å²) in [6, 6.07) is -1.19. The summed E-state index contributed by atoms with van der Waals surface area (Å²) in [6.07, 6.45) is -4.68. The second kappa shape index (κ2) is 8.60. The summed E-state index contributed by atoms with van der Waals surface area (Å²) in [5, 5.41) is 23.6. The zero-order valence-corrected chi connectivity index (χ0v) is 16.2. The molecule has 160 valence electrons. The quantitative estimate of drug-likeness (QED) is 0.372. The third-order valence-electron chi connectivity index (χ3n) is 6.15. The molecule has 2 aliphatic heterocycles. The van der Waals surface area contributed by atoms with Crippen LogP contribution in [0.2, 0.25) is 0 Å². The molecule has 10 heteroatoms. The standard InChI is InChI=1S/C18H31N3O7/c1-3-9(22)4-8-5-10(19)16(14(24)13(8)23)27-17-12(20)7(2)15-11(26-17)6-21-18(25)28-15/h7-8,10-17,23-24H,3-6,19-20H2,1-2H3,(H,21,25)/t7-,8-,10?,11?,12?,13?,14-,15+,16-,17-/m1/s1. The molecule has 10 nitrogen and oxygen atoms in total. The molecule has 1 aliphatic carbocycles. The fraction of sp³-hybridized carbons (Fsp3) is 0.889. The molecular weight excluding hydrogens is 370 g/mol. The topological polar surface area (TPSA) is 166 Å². The molecule has 1 amide bonds. The molecule has 3 rings (SSSR count). The van der Waals surface area contributed by atoms with Crippen LogP contribution in [-0.2, 0) is 19.0 Å². The first-order valence-electron chi connectivity index (χ1n) is 9.87. The summed E-state index contributed by atoms with van der Waals surface area (Å²) in [4.78, 5) is 23.2. The maximum absolute atomic E-state index is 11.7. The first-order valence-corrected chi connectivity index (χ1v) is 9.87. The van der Waals surface area contributed by atoms with Gasteiger partial charge in [0, 0.05) is 24.8 Å². The highest BCUT2D eigenvalue weighted by Crippen LogP contribution is 2.34. The highest BCUT2D eigenvalue weighted by atomic mass is 16.7. The van der Waals surface area contributed by atoms with Gasteiger partial charge < -0.3 is 41.2 Å². The van der Waals surface area contributed by atoms with E-state index >= 15 is 0 Å². The monoisotopic (exact) mass is 401 g/mol. The number of carbonyl (C=O) groups excluding carboxylic acids is 2. The number of rotatable bonds is 5. The molecule has 0 aromatic rings. The number of carbonyl (C=O) groups is 2. The van der Waals surface area contributed by atoms with Gasteiger partial charge in [-0.05, 0) is 12.3 Å². The Kier molecular flexibility index (Phi) is 6.58. The Morgan fingerprint density at radius 1 is 1.32 bits per heavy atom. The SMILES string of the molecule is CCC(=O)C[C@@H]1CC(N)[C@@H](O[C@H]2OC3CNC(=O)O[C@H]3[C@H](C)C2N)[C@H](O)C1O. The number of aliphatic hydroxyl groups excluding tert-OH is 2. The van der Waals surface area contributed by atoms with Crippen LogP contribution in [0, 0.1) is 11.8 Å². The lowest BCUT2D eigenvalue weighted by atomic mass is 9.77. The van der Waals surface area contributed by atoms with Gasteiger partial charge in [0.2, 0.25) is 0 Å². The van der Waals surface area contributed by atoms with Gasteiger partial charge in [0.1, 0.15) is 30.2 Å². The second-order valence-electron chi connectivity index (χ2n) is 8.07. The molecule has 0 spiro atoms. The van der Waals surface area contributed by atoms with E-state index in [1.165, 1.54) is 0 Å². The molecule has 1 saturated carbocycles. The molecule has 28 heavy (non-hydrogen) atoms. The summed E-state index contributed by atoms with van der Waals surface area (Å²) < 4.78 is 17.1. The maximum atomic E-state index is 11.7. The first kappa shape index (κ1) is 21.4. The van der Waals surface area contributed by atoms with E-state index in [0.29, 0.717) is 12.8 Å². The molecule has 4 unspecified atom stereocenters. The third kappa shape index (κ3) is 4.17. The lowest BCUT2D eigenvalue weighted by Gasteiger charge is -2.48. The molecule has 2 saturated heterocycles. The van der Waals surface area contributed by atoms with Gasteiger partial charge in [-0.25, -0.2) is 4.79 Å². The molecule has 3 aliphatic rings. The zero-order chi connectivity index (χ0) is 20.6. The normalized spacial score (nSPS) is 46.3. The van der Waals surface area contributed by atoms with Crippen LogP contribution in [0.3, 0.4) is 0 Å². The Balaban J connectivity index is 1.66. The van der Waals surface area contributed by atoms with Crippen LogP contribution in [0.1, 0.15) is 33.1 Å². The minimum absolute atomic E-state index is 0.0136. The number of amides is 1. The Morgan fingerprint density at radius 2 is 2.04 bits per heavy atom. The first-order chi connectivity index (χ1) is 13.2. The fourth-order valence-electron chi connectivity index (χ4n) is 4.29. The molecular formula is C18H31N3O7. The Labute approximate surface area is 163 Å². The minimum Gasteiger partial charge on any atom is -0.443 e. The molecule has 0 aromatic carbocycles. The van der Waals surface area contributed by atoms with Crippen molar-refractivity contribution in [1.82, 2.24) is 5.32 Å². The van der Waals surface area contributed by atoms with E-state index < -0.39 is 60.9 Å². The van der Waals surface area contributed by atoms with E-state index in [9.17, 15) is 19.8 Å². The van der Waals surface area contributed by atoms with Gasteiger partial charge in [-0.3, -0.25) is 4.79 Å². The van der Waals surface area contributed by atoms with E-state index in [1.807, 2.05) is 6.92 Å². The van der Waals surface area contributed by atoms with Gasteiger partial charge in [-0.15, -0.1) is 0 Å². The van der Waals surface area contributed by atoms with Gasteiger partial charge in [0.15, 0.2) is 6.29 Å². The molecule has 2 heterocycles. The number of fused-ring (bicyclic) bond motifs is 1. The maximum Gasteiger partial charge on any atom is 0.407 e. The van der Waals surface area contributed by atoms with Crippen LogP contribution < -0.4 is 16.8 Å². The second-order valence-corrected chi connectivity index (χ2v) is 8.07. The summed E-state index contributed by atoms with van der Waals surface area (Å²) in [7, 11) is 0. The molecule has 7 N–H and O–H groups in total. The largest absolute Gasteiger partial charge is 0.443 e. The van der Waals surface area contributed by atoms with E-state index in [1.54, 1.807) is 6.92 Å². The predicted molar refractivity (Wildman–Crippen MR) is 97.0 cm³/mol. The lowest BCUT2D eigenvalue weighted by Crippen LogP contribution is -2.66. The lowest BCUT2D eigenvalue weighted by molar-refractivity contribution is -0.284. The molecule has 0 bridgehead atoms. The Bertz CT molecular complexity index is 590. The van der Waals surface area contributed by atoms with Crippen molar-refractivity contribution in [3.8, 4) is 0 Å². The van der Waals surface area contributed by atoms with Crippen LogP contribution in [0.5, 0.6) is 0 Å². The van der Waals surface area contributed by atoms with Crippen molar-refractivity contribution in [2.24, 2.45) is 23.3 Å². The average molecular weight is 401 g/mol. The van der Waals surface area contributed by atoms with Gasteiger partial charge in [0.25, 0.3) is 0 Å². The number of ether oxygens (including phenoxy) is 3. The molecule has 0 radical (unpaired) electrons. The predicted octanol–water partition coefficient (Wildman–Crippen LogP) is -1.39. The van der Waals surface area contributed by atoms with Crippen LogP contribution in [-0.4, -0.2) is 77.5 Å². The Morgan fingerprint density at radius 3 is 2.71 bits per heavy atom. The molecule has 10 atom stereocenters. The zero-order valence-electron chi connectivity index (χ0n) is 16.2. The van der Waals surface area contributed by atoms with E-state index in [-0.39, 0.29) is 24.7 Å². The van der Waals surface area contributed by atoms with Crippen molar-refractivity contribution in [3.05, 3.63) is 0 Å². The Hall–Kier alpha value is -1.30. The summed E-state index contributed by atoms with van der Waals surface area (Å²) >= 11 is 0. The molecule has 3 fully saturated rings. The minimum atomic E-state index is -1.26. The number of nitrogens with two attached hydrogens (primary N) is 2. The highest BCUT2D eigenvalue weighted by molar-refractivity contribution is 5.78. The van der Waals surface area contributed by atoms with E-state index in [0.717, 1.165) is 0 Å². The van der Waals surface area contributed by atoms with Gasteiger partial charge in [-0.1, -0.05) is 13.8 Å². The smallest absolute Gasteiger partial charge is 0.407 e. The van der Waals surface area contributed by atoms with Crippen molar-refractivity contribution in [2.45, 2.75) is 82.0 Å². The number of ketones is 1. The summed E-state index contributed by atoms with van der Waals surface area (Å²) in [5.74, 6) is -0.630. The number of aliphatic hydroxyl groups is 2. The number of Topliss-reactive ketones (excluding diaryl/α,β-unsaturated/α-hetero) is 1. The van der Waals surface area contributed by atoms with Gasteiger partial charge in [0.05, 0.1) is 18.7 Å². The fourth-order valence-corrected chi connectivity index (χ4v) is 4.29. The number of hydrogen-bond acceptors (Lipinski definition) is 9. The van der Waals surface area contributed by atoms with Crippen molar-refractivity contribution >= 4 is 11.9 Å². The number of hydrogen-bond donors (Lipinski definition) is 5. The van der Waals surface area contributed by atoms with Crippen molar-refractivity contribution in [1.29, 1.82) is 0 Å². The van der Waals surface area contributed by atoms with Crippen molar-refractivity contribution in [3.63, 3.8) is 0 Å². The van der Waals surface area contributed by atoms with E-state index in [2.05, 4.69) is 5.32 Å². The van der Waals surface area contributed by atoms with Gasteiger partial charge >= 0.3 is 6.09 Å². The van der Waals surface area contributed by atoms with Crippen LogP contribution in [0.4, 0.5) is 4.79 Å². The van der Waals surface area contributed by atoms with Crippen molar-refractivity contribution in [2.75, 3.05) is 6.54 Å². The summed E-state index contributed by atoms with van der Waals surface area (Å²) in [5.41, 5.74) is 12.4.